The summed E-state index contributed by atoms with van der Waals surface area (Å²) in [6.45, 7) is 22.1. The van der Waals surface area contributed by atoms with E-state index in [-0.39, 0.29) is 62.7 Å². The minimum atomic E-state index is -4.33. The first kappa shape index (κ1) is 46.3. The first-order valence-electron chi connectivity index (χ1n) is 23.8. The number of aliphatic hydroxyl groups is 1. The molecule has 6 aromatic rings. The summed E-state index contributed by atoms with van der Waals surface area (Å²) < 4.78 is 69.5. The number of halogens is 3. The summed E-state index contributed by atoms with van der Waals surface area (Å²) in [5.74, 6) is -0.883. The van der Waals surface area contributed by atoms with E-state index in [1.165, 1.54) is 11.1 Å². The van der Waals surface area contributed by atoms with Crippen LogP contribution in [0, 0.1) is 63.5 Å². The number of benzene rings is 4. The normalized spacial score (nSPS) is 13.1. The summed E-state index contributed by atoms with van der Waals surface area (Å²) in [5.41, 5.74) is 10.1. The Hall–Kier alpha value is -4.65. The SMILES string of the molecule is CCC(CC)C(=O)/C=C(\O)C(CC)CC(F)(F)F.[2H]c1nc(-c2[c-]c(C)cc(C)c2)c2ccc(CC(C)C)cc2c1[2H].[2H]c1nc(-c2[c-]c(C)cc(C)c2)c2ccc(CC(C)C)cc2c1[2H].[Ir]. The van der Waals surface area contributed by atoms with Gasteiger partial charge in [-0.3, -0.25) is 4.79 Å². The molecule has 1 atom stereocenters. The van der Waals surface area contributed by atoms with E-state index in [0.29, 0.717) is 24.7 Å². The molecule has 4 aromatic carbocycles. The molecule has 339 valence electrons. The van der Waals surface area contributed by atoms with Gasteiger partial charge in [0.05, 0.1) is 17.7 Å². The van der Waals surface area contributed by atoms with Crippen LogP contribution in [0.1, 0.15) is 113 Å². The van der Waals surface area contributed by atoms with Crippen molar-refractivity contribution in [2.24, 2.45) is 23.7 Å². The van der Waals surface area contributed by atoms with Gasteiger partial charge in [-0.15, -0.1) is 69.8 Å². The Morgan fingerprint density at radius 2 is 1.11 bits per heavy atom. The van der Waals surface area contributed by atoms with Crippen molar-refractivity contribution in [3.8, 4) is 22.5 Å². The van der Waals surface area contributed by atoms with Gasteiger partial charge < -0.3 is 15.1 Å². The summed E-state index contributed by atoms with van der Waals surface area (Å²) in [6, 6.07) is 27.7. The van der Waals surface area contributed by atoms with Crippen molar-refractivity contribution >= 4 is 27.3 Å². The molecule has 0 amide bonds. The van der Waals surface area contributed by atoms with Gasteiger partial charge in [-0.25, -0.2) is 0 Å². The maximum Gasteiger partial charge on any atom is 0.389 e. The monoisotopic (exact) mass is 1040 g/mol. The van der Waals surface area contributed by atoms with Crippen LogP contribution in [0.15, 0.2) is 96.9 Å². The second-order valence-corrected chi connectivity index (χ2v) is 17.3. The predicted octanol–water partition coefficient (Wildman–Crippen LogP) is 15.4. The van der Waals surface area contributed by atoms with Gasteiger partial charge in [-0.2, -0.15) is 13.2 Å². The number of ketones is 1. The van der Waals surface area contributed by atoms with E-state index in [1.807, 2.05) is 77.9 Å². The fraction of sp³-hybridized carbons (Fsp3) is 0.400. The Kier molecular flexibility index (Phi) is 18.0. The molecule has 0 saturated heterocycles. The van der Waals surface area contributed by atoms with Crippen molar-refractivity contribution in [2.75, 3.05) is 0 Å². The van der Waals surface area contributed by atoms with Crippen LogP contribution in [0.2, 0.25) is 0 Å². The molecule has 1 radical (unpaired) electrons. The number of allylic oxidation sites excluding steroid dienone is 2. The van der Waals surface area contributed by atoms with Crippen molar-refractivity contribution in [2.45, 2.75) is 121 Å². The van der Waals surface area contributed by atoms with Crippen LogP contribution in [-0.4, -0.2) is 27.0 Å². The quantitative estimate of drug-likeness (QED) is 0.0711. The van der Waals surface area contributed by atoms with Crippen LogP contribution in [0.5, 0.6) is 0 Å². The predicted molar refractivity (Wildman–Crippen MR) is 252 cm³/mol. The molecule has 6 rings (SSSR count). The van der Waals surface area contributed by atoms with Crippen molar-refractivity contribution in [3.05, 3.63) is 142 Å². The number of hydrogen-bond acceptors (Lipinski definition) is 4. The number of aliphatic hydroxyl groups excluding tert-OH is 1. The van der Waals surface area contributed by atoms with E-state index in [0.717, 1.165) is 85.2 Å². The molecule has 63 heavy (non-hydrogen) atoms. The van der Waals surface area contributed by atoms with Crippen molar-refractivity contribution in [1.29, 1.82) is 0 Å². The molecule has 2 heterocycles. The first-order chi connectivity index (χ1) is 30.9. The zero-order chi connectivity index (χ0) is 49.2. The number of fused-ring (bicyclic) bond motifs is 2. The molecule has 0 saturated carbocycles. The molecule has 0 aliphatic carbocycles. The number of pyridine rings is 2. The van der Waals surface area contributed by atoms with Gasteiger partial charge in [-0.1, -0.05) is 113 Å². The van der Waals surface area contributed by atoms with E-state index in [2.05, 4.69) is 74.1 Å². The summed E-state index contributed by atoms with van der Waals surface area (Å²) in [5, 5.41) is 13.1. The molecule has 8 heteroatoms. The zero-order valence-electron chi connectivity index (χ0n) is 42.6. The minimum absolute atomic E-state index is 0. The maximum atomic E-state index is 12.3. The van der Waals surface area contributed by atoms with Crippen LogP contribution in [0.25, 0.3) is 44.1 Å². The van der Waals surface area contributed by atoms with Crippen LogP contribution in [-0.2, 0) is 37.7 Å². The molecule has 1 N–H and O–H groups in total. The molecule has 0 aliphatic heterocycles. The Morgan fingerprint density at radius 3 is 1.46 bits per heavy atom. The molecule has 2 aromatic heterocycles. The van der Waals surface area contributed by atoms with Crippen molar-refractivity contribution in [3.63, 3.8) is 0 Å². The molecule has 1 unspecified atom stereocenters. The Labute approximate surface area is 393 Å². The third-order valence-electron chi connectivity index (χ3n) is 10.6. The van der Waals surface area contributed by atoms with Gasteiger partial charge in [0.15, 0.2) is 5.78 Å². The number of hydrogen-bond donors (Lipinski definition) is 1. The van der Waals surface area contributed by atoms with E-state index in [9.17, 15) is 23.1 Å². The smallest absolute Gasteiger partial charge is 0.389 e. The average molecular weight is 1040 g/mol. The average Bonchev–Trinajstić information content (AvgIpc) is 3.22. The van der Waals surface area contributed by atoms with E-state index < -0.39 is 24.3 Å². The van der Waals surface area contributed by atoms with Crippen LogP contribution in [0.4, 0.5) is 13.2 Å². The van der Waals surface area contributed by atoms with Gasteiger partial charge in [0.1, 0.15) is 0 Å². The van der Waals surface area contributed by atoms with Gasteiger partial charge >= 0.3 is 6.18 Å². The number of nitrogens with zero attached hydrogens (tertiary/aromatic N) is 2. The van der Waals surface area contributed by atoms with Crippen LogP contribution >= 0.6 is 0 Å². The van der Waals surface area contributed by atoms with E-state index in [4.69, 9.17) is 5.48 Å². The Morgan fingerprint density at radius 1 is 0.698 bits per heavy atom. The molecule has 0 bridgehead atoms. The number of alkyl halides is 3. The third-order valence-corrected chi connectivity index (χ3v) is 10.6. The number of aryl methyl sites for hydroxylation is 4. The molecule has 0 fully saturated rings. The topological polar surface area (TPSA) is 63.1 Å². The Balaban J connectivity index is 0.000000268. The maximum absolute atomic E-state index is 12.3. The first-order valence-corrected chi connectivity index (χ1v) is 21.8. The molecule has 4 nitrogen and oxygen atoms in total. The summed E-state index contributed by atoms with van der Waals surface area (Å²) in [7, 11) is 0. The largest absolute Gasteiger partial charge is 0.512 e. The number of aromatic nitrogens is 2. The van der Waals surface area contributed by atoms with Crippen molar-refractivity contribution in [1.82, 2.24) is 9.97 Å². The molecule has 0 spiro atoms. The summed E-state index contributed by atoms with van der Waals surface area (Å²) in [4.78, 5) is 20.5. The van der Waals surface area contributed by atoms with Gasteiger partial charge in [0.25, 0.3) is 0 Å². The number of carbonyl (C=O) groups excluding carboxylic acids is 1. The van der Waals surface area contributed by atoms with Crippen LogP contribution in [0.3, 0.4) is 0 Å². The van der Waals surface area contributed by atoms with E-state index >= 15 is 0 Å². The molecular formula is C55H65F3IrN2O2-2. The third kappa shape index (κ3) is 16.1. The zero-order valence-corrected chi connectivity index (χ0v) is 41.0. The van der Waals surface area contributed by atoms with Crippen molar-refractivity contribution < 1.29 is 48.7 Å². The van der Waals surface area contributed by atoms with Crippen LogP contribution < -0.4 is 0 Å². The second-order valence-electron chi connectivity index (χ2n) is 17.3. The number of carbonyl (C=O) groups is 1. The van der Waals surface area contributed by atoms with Gasteiger partial charge in [-0.05, 0) is 100 Å². The fourth-order valence-electron chi connectivity index (χ4n) is 7.67. The second kappa shape index (κ2) is 24.4. The summed E-state index contributed by atoms with van der Waals surface area (Å²) in [6.07, 6.45) is -1.09. The molecule has 0 aliphatic rings. The Bertz CT molecular complexity index is 2490. The number of rotatable bonds is 13. The molecular weight excluding hydrogens is 970 g/mol. The van der Waals surface area contributed by atoms with Gasteiger partial charge in [0.2, 0.25) is 0 Å². The van der Waals surface area contributed by atoms with E-state index in [1.54, 1.807) is 6.92 Å². The fourth-order valence-corrected chi connectivity index (χ4v) is 7.67. The standard InChI is InChI=1S/2C21H22N.C13H21F3O2.Ir/c2*1-14(2)9-17-5-6-20-18(13-17)7-8-22-21(20)19-11-15(3)10-16(4)12-19;1-4-9(5-2)11(17)7-12(18)10(6-3)8-13(14,15)16;/h2*5-8,10-11,13-14H,9H2,1-4H3;7,9-10,18H,4-6,8H2,1-3H3;/q2*-1;;/b;;12-7-;/i2*7D,8D;;. The summed E-state index contributed by atoms with van der Waals surface area (Å²) >= 11 is 0. The van der Waals surface area contributed by atoms with Gasteiger partial charge in [0, 0.05) is 50.4 Å². The minimum Gasteiger partial charge on any atom is -0.512 e.